The summed E-state index contributed by atoms with van der Waals surface area (Å²) in [6.45, 7) is 37.6. The molecule has 5 rings (SSSR count). The number of hydrogen-bond acceptors (Lipinski definition) is 5. The van der Waals surface area contributed by atoms with E-state index in [1.807, 2.05) is 109 Å². The van der Waals surface area contributed by atoms with Crippen molar-refractivity contribution in [3.8, 4) is 0 Å². The highest BCUT2D eigenvalue weighted by molar-refractivity contribution is 7.07. The zero-order valence-electron chi connectivity index (χ0n) is 34.3. The topological polar surface area (TPSA) is 51.8 Å². The molecule has 0 N–H and O–H groups in total. The molecule has 0 atom stereocenters. The predicted molar refractivity (Wildman–Crippen MR) is 221 cm³/mol. The molecule has 0 fully saturated rings. The molecule has 5 heteroatoms. The highest BCUT2D eigenvalue weighted by Gasteiger charge is 2.09. The van der Waals surface area contributed by atoms with Crippen LogP contribution in [0.3, 0.4) is 0 Å². The van der Waals surface area contributed by atoms with Crippen molar-refractivity contribution in [2.75, 3.05) is 0 Å². The first kappa shape index (κ1) is 54.2. The number of para-hydroxylation sites is 1. The lowest BCUT2D eigenvalue weighted by atomic mass is 10.0. The maximum atomic E-state index is 5.16. The van der Waals surface area contributed by atoms with E-state index in [4.69, 9.17) is 4.52 Å². The summed E-state index contributed by atoms with van der Waals surface area (Å²) in [5, 5.41) is 7.08. The van der Waals surface area contributed by atoms with Gasteiger partial charge in [-0.05, 0) is 53.5 Å². The van der Waals surface area contributed by atoms with Crippen LogP contribution in [-0.4, -0.2) is 15.1 Å². The SMILES string of the molecule is CC.CC.CC.CC.CC(C)C.CC(C)C.CC(C)c1ccccc1.CC(C)c1noc2ccccc12.c1ccncc1.c1cscn1. The zero-order valence-corrected chi connectivity index (χ0v) is 35.1. The second kappa shape index (κ2) is 43.7. The van der Waals surface area contributed by atoms with Crippen molar-refractivity contribution in [3.63, 3.8) is 0 Å². The molecule has 0 aliphatic heterocycles. The number of pyridine rings is 1. The fourth-order valence-corrected chi connectivity index (χ4v) is 3.00. The van der Waals surface area contributed by atoms with E-state index in [2.05, 4.69) is 109 Å². The van der Waals surface area contributed by atoms with Crippen molar-refractivity contribution in [2.24, 2.45) is 11.8 Å². The van der Waals surface area contributed by atoms with Crippen LogP contribution in [-0.2, 0) is 0 Å². The minimum atomic E-state index is 0.425. The molecule has 0 saturated heterocycles. The first-order chi connectivity index (χ1) is 23.1. The van der Waals surface area contributed by atoms with Gasteiger partial charge in [0.05, 0.1) is 11.2 Å². The second-order valence-corrected chi connectivity index (χ2v) is 11.7. The van der Waals surface area contributed by atoms with Crippen molar-refractivity contribution >= 4 is 22.3 Å². The standard InChI is InChI=1S/C10H11NO.C9H12.C5H5N.2C4H10.C3H3NS.4C2H6/c1-7(2)10-8-5-3-4-6-9(8)12-11-10;1-8(2)9-6-4-3-5-7-9;1-2-4-6-5-3-1;2*1-4(2)3;1-2-5-3-4-1;4*1-2/h3-7H,1-2H3;3-8H,1-2H3;1-5H;2*4H,1-3H3;1-3H;4*1-2H3. The minimum Gasteiger partial charge on any atom is -0.356 e. The average molecular weight is 682 g/mol. The smallest absolute Gasteiger partial charge is 0.167 e. The third-order valence-electron chi connectivity index (χ3n) is 4.33. The van der Waals surface area contributed by atoms with Gasteiger partial charge in [0, 0.05) is 29.4 Å². The number of rotatable bonds is 2. The lowest BCUT2D eigenvalue weighted by Crippen LogP contribution is -1.86. The van der Waals surface area contributed by atoms with Crippen molar-refractivity contribution in [3.05, 3.63) is 114 Å². The molecule has 3 heterocycles. The third-order valence-corrected chi connectivity index (χ3v) is 4.85. The zero-order chi connectivity index (χ0) is 38.2. The quantitative estimate of drug-likeness (QED) is 0.186. The van der Waals surface area contributed by atoms with Gasteiger partial charge in [-0.1, -0.05) is 178 Å². The molecule has 0 aliphatic carbocycles. The molecule has 48 heavy (non-hydrogen) atoms. The summed E-state index contributed by atoms with van der Waals surface area (Å²) in [5.41, 5.74) is 5.13. The van der Waals surface area contributed by atoms with Gasteiger partial charge in [0.25, 0.3) is 0 Å². The number of fused-ring (bicyclic) bond motifs is 1. The van der Waals surface area contributed by atoms with E-state index in [1.165, 1.54) is 5.56 Å². The molecule has 3 aromatic heterocycles. The Hall–Kier alpha value is -3.31. The first-order valence-electron chi connectivity index (χ1n) is 18.1. The Morgan fingerprint density at radius 1 is 0.500 bits per heavy atom. The summed E-state index contributed by atoms with van der Waals surface area (Å²) < 4.78 is 5.16. The Balaban J connectivity index is -0.000000154. The average Bonchev–Trinajstić information content (AvgIpc) is 3.84. The van der Waals surface area contributed by atoms with Gasteiger partial charge >= 0.3 is 0 Å². The Bertz CT molecular complexity index is 1120. The normalized spacial score (nSPS) is 8.54. The fraction of sp³-hybridized carbons (Fsp3) is 0.512. The van der Waals surface area contributed by atoms with Gasteiger partial charge in [0.15, 0.2) is 5.58 Å². The van der Waals surface area contributed by atoms with E-state index < -0.39 is 0 Å². The summed E-state index contributed by atoms with van der Waals surface area (Å²) in [6, 6.07) is 24.2. The van der Waals surface area contributed by atoms with Crippen LogP contribution < -0.4 is 0 Å². The van der Waals surface area contributed by atoms with Crippen LogP contribution >= 0.6 is 11.3 Å². The number of nitrogens with zero attached hydrogens (tertiary/aromatic N) is 3. The van der Waals surface area contributed by atoms with Crippen LogP contribution in [0.2, 0.25) is 0 Å². The van der Waals surface area contributed by atoms with Gasteiger partial charge in [0.1, 0.15) is 0 Å². The number of benzene rings is 2. The van der Waals surface area contributed by atoms with E-state index in [0.29, 0.717) is 11.8 Å². The van der Waals surface area contributed by atoms with E-state index in [1.54, 1.807) is 35.4 Å². The van der Waals surface area contributed by atoms with Crippen molar-refractivity contribution < 1.29 is 4.52 Å². The third kappa shape index (κ3) is 38.9. The second-order valence-electron chi connectivity index (χ2n) is 10.9. The van der Waals surface area contributed by atoms with Gasteiger partial charge in [-0.25, -0.2) is 0 Å². The molecule has 0 unspecified atom stereocenters. The summed E-state index contributed by atoms with van der Waals surface area (Å²) >= 11 is 1.60. The van der Waals surface area contributed by atoms with E-state index in [-0.39, 0.29) is 0 Å². The van der Waals surface area contributed by atoms with Gasteiger partial charge < -0.3 is 4.52 Å². The molecule has 0 aliphatic rings. The summed E-state index contributed by atoms with van der Waals surface area (Å²) in [6.07, 6.45) is 5.27. The molecule has 0 saturated carbocycles. The molecular weight excluding hydrogens is 607 g/mol. The largest absolute Gasteiger partial charge is 0.356 e. The molecule has 0 radical (unpaired) electrons. The van der Waals surface area contributed by atoms with E-state index in [0.717, 1.165) is 28.5 Å². The van der Waals surface area contributed by atoms with Gasteiger partial charge in [-0.2, -0.15) is 0 Å². The number of aromatic nitrogens is 3. The van der Waals surface area contributed by atoms with E-state index in [9.17, 15) is 0 Å². The molecule has 5 aromatic rings. The van der Waals surface area contributed by atoms with E-state index >= 15 is 0 Å². The van der Waals surface area contributed by atoms with Crippen LogP contribution in [0.15, 0.2) is 107 Å². The number of thiazole rings is 1. The van der Waals surface area contributed by atoms with Gasteiger partial charge in [-0.15, -0.1) is 11.3 Å². The first-order valence-corrected chi connectivity index (χ1v) is 19.1. The maximum absolute atomic E-state index is 5.16. The summed E-state index contributed by atoms with van der Waals surface area (Å²) in [7, 11) is 0. The van der Waals surface area contributed by atoms with Crippen molar-refractivity contribution in [2.45, 2.75) is 136 Å². The molecule has 0 amide bonds. The lowest BCUT2D eigenvalue weighted by molar-refractivity contribution is 0.441. The molecule has 0 spiro atoms. The minimum absolute atomic E-state index is 0.425. The highest BCUT2D eigenvalue weighted by atomic mass is 32.1. The Morgan fingerprint density at radius 3 is 1.23 bits per heavy atom. The molecule has 4 nitrogen and oxygen atoms in total. The van der Waals surface area contributed by atoms with Gasteiger partial charge in [0.2, 0.25) is 0 Å². The van der Waals surface area contributed by atoms with Crippen LogP contribution in [0.4, 0.5) is 0 Å². The van der Waals surface area contributed by atoms with Crippen LogP contribution in [0.5, 0.6) is 0 Å². The highest BCUT2D eigenvalue weighted by Crippen LogP contribution is 2.23. The van der Waals surface area contributed by atoms with Gasteiger partial charge in [-0.3, -0.25) is 9.97 Å². The molecule has 2 aromatic carbocycles. The Morgan fingerprint density at radius 2 is 0.938 bits per heavy atom. The summed E-state index contributed by atoms with van der Waals surface area (Å²) in [5.74, 6) is 2.75. The van der Waals surface area contributed by atoms with Crippen LogP contribution in [0.1, 0.15) is 148 Å². The fourth-order valence-electron chi connectivity index (χ4n) is 2.65. The molecule has 0 bridgehead atoms. The van der Waals surface area contributed by atoms with Crippen molar-refractivity contribution in [1.29, 1.82) is 0 Å². The Labute approximate surface area is 302 Å². The van der Waals surface area contributed by atoms with Crippen molar-refractivity contribution in [1.82, 2.24) is 15.1 Å². The molecule has 274 valence electrons. The van der Waals surface area contributed by atoms with Crippen LogP contribution in [0.25, 0.3) is 11.0 Å². The lowest BCUT2D eigenvalue weighted by Gasteiger charge is -2.01. The maximum Gasteiger partial charge on any atom is 0.167 e. The molecular formula is C43H75N3OS. The number of hydrogen-bond donors (Lipinski definition) is 0. The Kier molecular flexibility index (Phi) is 49.3. The summed E-state index contributed by atoms with van der Waals surface area (Å²) in [4.78, 5) is 7.53. The predicted octanol–water partition coefficient (Wildman–Crippen LogP) is 15.4. The van der Waals surface area contributed by atoms with Crippen LogP contribution in [0, 0.1) is 11.8 Å². The monoisotopic (exact) mass is 682 g/mol.